The summed E-state index contributed by atoms with van der Waals surface area (Å²) < 4.78 is 48.9. The van der Waals surface area contributed by atoms with E-state index in [2.05, 4.69) is 10.1 Å². The maximum Gasteiger partial charge on any atom is 0.433 e. The second-order valence-electron chi connectivity index (χ2n) is 4.45. The predicted octanol–water partition coefficient (Wildman–Crippen LogP) is 2.99. The molecule has 8 nitrogen and oxygen atoms in total. The molecule has 0 amide bonds. The number of pyridine rings is 1. The van der Waals surface area contributed by atoms with Gasteiger partial charge >= 0.3 is 11.9 Å². The average molecular weight is 345 g/mol. The molecule has 0 saturated heterocycles. The summed E-state index contributed by atoms with van der Waals surface area (Å²) in [6.45, 7) is 0. The van der Waals surface area contributed by atoms with E-state index < -0.39 is 22.5 Å². The number of ether oxygens (including phenoxy) is 2. The van der Waals surface area contributed by atoms with Gasteiger partial charge in [0, 0.05) is 5.56 Å². The zero-order valence-electron chi connectivity index (χ0n) is 12.3. The average Bonchev–Trinajstić information content (AvgIpc) is 2.52. The lowest BCUT2D eigenvalue weighted by Gasteiger charge is -2.14. The minimum atomic E-state index is -4.79. The molecule has 0 bridgehead atoms. The molecule has 2 rings (SSSR count). The summed E-state index contributed by atoms with van der Waals surface area (Å²) in [5.74, 6) is -0.580. The molecule has 0 atom stereocenters. The Bertz CT molecular complexity index is 836. The fraction of sp³-hybridized carbons (Fsp3) is 0.231. The summed E-state index contributed by atoms with van der Waals surface area (Å²) in [7, 11) is 2.25. The Kier molecular flexibility index (Phi) is 4.44. The Morgan fingerprint density at radius 2 is 2.00 bits per heavy atom. The number of benzene rings is 1. The quantitative estimate of drug-likeness (QED) is 0.395. The van der Waals surface area contributed by atoms with Crippen LogP contribution >= 0.6 is 0 Å². The zero-order valence-corrected chi connectivity index (χ0v) is 12.3. The van der Waals surface area contributed by atoms with E-state index >= 15 is 0 Å². The van der Waals surface area contributed by atoms with Crippen LogP contribution in [0.15, 0.2) is 17.3 Å². The SMILES string of the molecule is COc1cc([N+](=O)[O-])c(OC)c2c(C=NO)cc(C(F)(F)F)nc12. The van der Waals surface area contributed by atoms with Crippen molar-refractivity contribution in [3.63, 3.8) is 0 Å². The molecular weight excluding hydrogens is 335 g/mol. The second-order valence-corrected chi connectivity index (χ2v) is 4.45. The fourth-order valence-corrected chi connectivity index (χ4v) is 2.17. The number of alkyl halides is 3. The van der Waals surface area contributed by atoms with Gasteiger partial charge in [-0.25, -0.2) is 4.98 Å². The highest BCUT2D eigenvalue weighted by Crippen LogP contribution is 2.43. The van der Waals surface area contributed by atoms with Crippen molar-refractivity contribution in [3.8, 4) is 11.5 Å². The van der Waals surface area contributed by atoms with E-state index in [9.17, 15) is 23.3 Å². The summed E-state index contributed by atoms with van der Waals surface area (Å²) in [5.41, 5.74) is -2.39. The number of nitro benzene ring substituents is 1. The van der Waals surface area contributed by atoms with Crippen LogP contribution < -0.4 is 9.47 Å². The van der Waals surface area contributed by atoms with Crippen molar-refractivity contribution in [3.05, 3.63) is 33.5 Å². The highest BCUT2D eigenvalue weighted by atomic mass is 19.4. The molecular formula is C13H10F3N3O5. The molecule has 0 aliphatic rings. The number of aromatic nitrogens is 1. The number of hydrogen-bond acceptors (Lipinski definition) is 7. The summed E-state index contributed by atoms with van der Waals surface area (Å²) >= 11 is 0. The monoisotopic (exact) mass is 345 g/mol. The fourth-order valence-electron chi connectivity index (χ4n) is 2.17. The van der Waals surface area contributed by atoms with Crippen molar-refractivity contribution in [2.75, 3.05) is 14.2 Å². The summed E-state index contributed by atoms with van der Waals surface area (Å²) in [4.78, 5) is 13.9. The van der Waals surface area contributed by atoms with E-state index in [-0.39, 0.29) is 28.0 Å². The molecule has 1 heterocycles. The minimum absolute atomic E-state index is 0.144. The van der Waals surface area contributed by atoms with E-state index in [1.54, 1.807) is 0 Å². The van der Waals surface area contributed by atoms with Crippen molar-refractivity contribution in [2.24, 2.45) is 5.16 Å². The lowest BCUT2D eigenvalue weighted by Crippen LogP contribution is -2.10. The topological polar surface area (TPSA) is 107 Å². The van der Waals surface area contributed by atoms with Crippen LogP contribution in [0.2, 0.25) is 0 Å². The highest BCUT2D eigenvalue weighted by Gasteiger charge is 2.35. The first-order valence-corrected chi connectivity index (χ1v) is 6.23. The number of hydrogen-bond donors (Lipinski definition) is 1. The number of methoxy groups -OCH3 is 2. The number of rotatable bonds is 4. The van der Waals surface area contributed by atoms with Crippen LogP contribution in [0, 0.1) is 10.1 Å². The molecule has 1 N–H and O–H groups in total. The van der Waals surface area contributed by atoms with Crippen LogP contribution in [0.1, 0.15) is 11.3 Å². The first kappa shape index (κ1) is 17.2. The van der Waals surface area contributed by atoms with Gasteiger partial charge in [0.05, 0.1) is 36.8 Å². The van der Waals surface area contributed by atoms with Gasteiger partial charge in [-0.05, 0) is 6.07 Å². The Labute approximate surface area is 132 Å². The zero-order chi connectivity index (χ0) is 18.1. The first-order chi connectivity index (χ1) is 11.2. The van der Waals surface area contributed by atoms with E-state index in [0.29, 0.717) is 12.3 Å². The Morgan fingerprint density at radius 3 is 2.46 bits per heavy atom. The molecule has 0 aliphatic heterocycles. The van der Waals surface area contributed by atoms with E-state index in [0.717, 1.165) is 20.3 Å². The third-order valence-electron chi connectivity index (χ3n) is 3.12. The van der Waals surface area contributed by atoms with Gasteiger partial charge in [-0.15, -0.1) is 0 Å². The molecule has 0 radical (unpaired) electrons. The molecule has 11 heteroatoms. The van der Waals surface area contributed by atoms with Crippen LogP contribution in [0.25, 0.3) is 10.9 Å². The van der Waals surface area contributed by atoms with E-state index in [1.165, 1.54) is 0 Å². The maximum absolute atomic E-state index is 13.0. The van der Waals surface area contributed by atoms with E-state index in [4.69, 9.17) is 14.7 Å². The van der Waals surface area contributed by atoms with Gasteiger partial charge in [0.1, 0.15) is 11.2 Å². The lowest BCUT2D eigenvalue weighted by molar-refractivity contribution is -0.385. The normalized spacial score (nSPS) is 11.9. The van der Waals surface area contributed by atoms with Crippen molar-refractivity contribution in [1.29, 1.82) is 0 Å². The lowest BCUT2D eigenvalue weighted by atomic mass is 10.0. The Morgan fingerprint density at radius 1 is 1.33 bits per heavy atom. The van der Waals surface area contributed by atoms with E-state index in [1.807, 2.05) is 0 Å². The summed E-state index contributed by atoms with van der Waals surface area (Å²) in [6.07, 6.45) is -4.09. The predicted molar refractivity (Wildman–Crippen MR) is 75.9 cm³/mol. The Balaban J connectivity index is 3.06. The molecule has 1 aromatic heterocycles. The number of fused-ring (bicyclic) bond motifs is 1. The van der Waals surface area contributed by atoms with Gasteiger partial charge in [0.2, 0.25) is 5.75 Å². The summed E-state index contributed by atoms with van der Waals surface area (Å²) in [5, 5.41) is 22.4. The van der Waals surface area contributed by atoms with Crippen molar-refractivity contribution >= 4 is 22.8 Å². The van der Waals surface area contributed by atoms with Crippen molar-refractivity contribution in [1.82, 2.24) is 4.98 Å². The molecule has 1 aromatic carbocycles. The second kappa shape index (κ2) is 6.18. The van der Waals surface area contributed by atoms with Gasteiger partial charge in [-0.3, -0.25) is 10.1 Å². The number of oxime groups is 1. The van der Waals surface area contributed by atoms with Crippen molar-refractivity contribution in [2.45, 2.75) is 6.18 Å². The Hall–Kier alpha value is -3.11. The molecule has 0 saturated carbocycles. The van der Waals surface area contributed by atoms with Crippen LogP contribution in [0.4, 0.5) is 18.9 Å². The highest BCUT2D eigenvalue weighted by molar-refractivity contribution is 6.05. The molecule has 0 unspecified atom stereocenters. The largest absolute Gasteiger partial charge is 0.494 e. The molecule has 128 valence electrons. The smallest absolute Gasteiger partial charge is 0.433 e. The minimum Gasteiger partial charge on any atom is -0.494 e. The standard InChI is InChI=1S/C13H10F3N3O5/c1-23-8-4-7(19(21)22)12(24-2)10-6(5-17-20)3-9(13(14,15)16)18-11(8)10/h3-5,20H,1-2H3. The van der Waals surface area contributed by atoms with Gasteiger partial charge in [-0.2, -0.15) is 13.2 Å². The maximum atomic E-state index is 13.0. The van der Waals surface area contributed by atoms with Crippen LogP contribution in [-0.2, 0) is 6.18 Å². The van der Waals surface area contributed by atoms with Gasteiger partial charge in [-0.1, -0.05) is 5.16 Å². The van der Waals surface area contributed by atoms with Gasteiger partial charge < -0.3 is 14.7 Å². The third-order valence-corrected chi connectivity index (χ3v) is 3.12. The number of nitro groups is 1. The van der Waals surface area contributed by atoms with Crippen LogP contribution in [0.3, 0.4) is 0 Å². The molecule has 0 spiro atoms. The van der Waals surface area contributed by atoms with Gasteiger partial charge in [0.15, 0.2) is 5.75 Å². The van der Waals surface area contributed by atoms with Crippen molar-refractivity contribution < 1.29 is 32.8 Å². The third kappa shape index (κ3) is 2.87. The number of nitrogens with zero attached hydrogens (tertiary/aromatic N) is 3. The molecule has 0 fully saturated rings. The molecule has 2 aromatic rings. The summed E-state index contributed by atoms with van der Waals surface area (Å²) in [6, 6.07) is 1.50. The van der Waals surface area contributed by atoms with Gasteiger partial charge in [0.25, 0.3) is 0 Å². The molecule has 24 heavy (non-hydrogen) atoms. The number of halogens is 3. The first-order valence-electron chi connectivity index (χ1n) is 6.23. The van der Waals surface area contributed by atoms with Crippen LogP contribution in [0.5, 0.6) is 11.5 Å². The molecule has 0 aliphatic carbocycles. The van der Waals surface area contributed by atoms with Crippen LogP contribution in [-0.4, -0.2) is 35.5 Å².